The fourth-order valence-corrected chi connectivity index (χ4v) is 3.36. The zero-order valence-electron chi connectivity index (χ0n) is 15.2. The minimum absolute atomic E-state index is 0.124. The summed E-state index contributed by atoms with van der Waals surface area (Å²) >= 11 is 0. The summed E-state index contributed by atoms with van der Waals surface area (Å²) in [6, 6.07) is 14.1. The third kappa shape index (κ3) is 3.56. The number of rotatable bonds is 3. The summed E-state index contributed by atoms with van der Waals surface area (Å²) in [6.45, 7) is 3.78. The summed E-state index contributed by atoms with van der Waals surface area (Å²) < 4.78 is 15.1. The van der Waals surface area contributed by atoms with E-state index in [0.29, 0.717) is 19.6 Å². The van der Waals surface area contributed by atoms with Crippen molar-refractivity contribution in [3.05, 3.63) is 71.8 Å². The summed E-state index contributed by atoms with van der Waals surface area (Å²) in [5, 5.41) is 7.40. The Kier molecular flexibility index (Phi) is 4.62. The summed E-state index contributed by atoms with van der Waals surface area (Å²) in [6.07, 6.45) is 2.71. The lowest BCUT2D eigenvalue weighted by atomic mass is 10.1. The topological polar surface area (TPSA) is 50.2 Å². The Balaban J connectivity index is 1.53. The van der Waals surface area contributed by atoms with Crippen LogP contribution in [0.5, 0.6) is 0 Å². The van der Waals surface area contributed by atoms with Crippen molar-refractivity contribution in [1.82, 2.24) is 14.7 Å². The highest BCUT2D eigenvalue weighted by Crippen LogP contribution is 2.27. The van der Waals surface area contributed by atoms with Gasteiger partial charge in [0, 0.05) is 17.8 Å². The van der Waals surface area contributed by atoms with Gasteiger partial charge in [-0.25, -0.2) is 9.18 Å². The smallest absolute Gasteiger partial charge is 0.317 e. The predicted molar refractivity (Wildman–Crippen MR) is 103 cm³/mol. The molecule has 0 saturated heterocycles. The van der Waals surface area contributed by atoms with Crippen LogP contribution in [0.2, 0.25) is 0 Å². The Bertz CT molecular complexity index is 965. The van der Waals surface area contributed by atoms with E-state index in [1.54, 1.807) is 23.2 Å². The average molecular weight is 364 g/mol. The van der Waals surface area contributed by atoms with Gasteiger partial charge in [-0.05, 0) is 41.8 Å². The molecule has 0 unspecified atom stereocenters. The van der Waals surface area contributed by atoms with Crippen molar-refractivity contribution >= 4 is 11.7 Å². The number of carbonyl (C=O) groups excluding carboxylic acids is 1. The number of amides is 2. The quantitative estimate of drug-likeness (QED) is 0.753. The van der Waals surface area contributed by atoms with Crippen LogP contribution >= 0.6 is 0 Å². The molecule has 138 valence electrons. The first-order valence-electron chi connectivity index (χ1n) is 9.09. The number of aromatic nitrogens is 2. The highest BCUT2D eigenvalue weighted by Gasteiger charge is 2.24. The van der Waals surface area contributed by atoms with E-state index in [1.807, 2.05) is 28.9 Å². The second-order valence-corrected chi connectivity index (χ2v) is 6.64. The number of nitrogens with one attached hydrogen (secondary N) is 1. The Labute approximate surface area is 157 Å². The lowest BCUT2D eigenvalue weighted by Crippen LogP contribution is -2.41. The van der Waals surface area contributed by atoms with E-state index in [4.69, 9.17) is 0 Å². The number of hydrogen-bond acceptors (Lipinski definition) is 2. The Hall–Kier alpha value is -3.15. The minimum atomic E-state index is -0.268. The number of halogens is 1. The first kappa shape index (κ1) is 17.3. The number of aryl methyl sites for hydroxylation is 1. The van der Waals surface area contributed by atoms with Crippen LogP contribution in [0.1, 0.15) is 18.2 Å². The highest BCUT2D eigenvalue weighted by atomic mass is 19.1. The zero-order chi connectivity index (χ0) is 18.8. The van der Waals surface area contributed by atoms with E-state index < -0.39 is 0 Å². The first-order valence-corrected chi connectivity index (χ1v) is 9.09. The van der Waals surface area contributed by atoms with Crippen molar-refractivity contribution in [1.29, 1.82) is 0 Å². The molecule has 1 aliphatic rings. The molecule has 2 aromatic carbocycles. The van der Waals surface area contributed by atoms with Gasteiger partial charge >= 0.3 is 6.03 Å². The highest BCUT2D eigenvalue weighted by molar-refractivity contribution is 5.89. The number of nitrogens with zero attached hydrogens (tertiary/aromatic N) is 3. The number of urea groups is 1. The van der Waals surface area contributed by atoms with Crippen LogP contribution in [-0.2, 0) is 19.5 Å². The molecular weight excluding hydrogens is 343 g/mol. The molecular formula is C21H21FN4O. The molecule has 1 aromatic heterocycles. The van der Waals surface area contributed by atoms with E-state index in [2.05, 4.69) is 17.3 Å². The molecule has 2 amide bonds. The van der Waals surface area contributed by atoms with E-state index >= 15 is 0 Å². The van der Waals surface area contributed by atoms with Crippen LogP contribution < -0.4 is 5.32 Å². The number of fused-ring (bicyclic) bond motifs is 1. The summed E-state index contributed by atoms with van der Waals surface area (Å²) in [5.41, 5.74) is 4.78. The number of anilines is 1. The molecule has 3 aromatic rings. The Morgan fingerprint density at radius 3 is 2.78 bits per heavy atom. The van der Waals surface area contributed by atoms with E-state index in [1.165, 1.54) is 17.7 Å². The number of hydrogen-bond donors (Lipinski definition) is 1. The van der Waals surface area contributed by atoms with Crippen molar-refractivity contribution < 1.29 is 9.18 Å². The van der Waals surface area contributed by atoms with Crippen LogP contribution in [-0.4, -0.2) is 27.3 Å². The van der Waals surface area contributed by atoms with E-state index in [0.717, 1.165) is 28.9 Å². The molecule has 2 heterocycles. The van der Waals surface area contributed by atoms with Gasteiger partial charge in [0.05, 0.1) is 25.0 Å². The maximum Gasteiger partial charge on any atom is 0.322 e. The molecule has 0 atom stereocenters. The molecule has 1 aliphatic heterocycles. The molecule has 0 aliphatic carbocycles. The molecule has 1 N–H and O–H groups in total. The number of carbonyl (C=O) groups is 1. The standard InChI is InChI=1S/C21H21FN4O/c1-2-15-4-3-5-18(12-15)24-21(27)25-10-11-26-20(14-25)19(13-23-26)16-6-8-17(22)9-7-16/h3-9,12-13H,2,10-11,14H2,1H3,(H,24,27). The monoisotopic (exact) mass is 364 g/mol. The Morgan fingerprint density at radius 2 is 2.00 bits per heavy atom. The van der Waals surface area contributed by atoms with Crippen molar-refractivity contribution in [2.45, 2.75) is 26.4 Å². The van der Waals surface area contributed by atoms with Crippen molar-refractivity contribution in [3.8, 4) is 11.1 Å². The van der Waals surface area contributed by atoms with Gasteiger partial charge in [0.15, 0.2) is 0 Å². The average Bonchev–Trinajstić information content (AvgIpc) is 3.12. The predicted octanol–water partition coefficient (Wildman–Crippen LogP) is 4.30. The normalized spacial score (nSPS) is 13.3. The van der Waals surface area contributed by atoms with Crippen LogP contribution in [0.3, 0.4) is 0 Å². The molecule has 0 spiro atoms. The first-order chi connectivity index (χ1) is 13.1. The van der Waals surface area contributed by atoms with Gasteiger partial charge in [-0.3, -0.25) is 4.68 Å². The van der Waals surface area contributed by atoms with E-state index in [9.17, 15) is 9.18 Å². The SMILES string of the molecule is CCc1cccc(NC(=O)N2CCn3ncc(-c4ccc(F)cc4)c3C2)c1. The van der Waals surface area contributed by atoms with Crippen molar-refractivity contribution in [2.24, 2.45) is 0 Å². The molecule has 0 bridgehead atoms. The fraction of sp³-hybridized carbons (Fsp3) is 0.238. The maximum atomic E-state index is 13.2. The maximum absolute atomic E-state index is 13.2. The molecule has 0 saturated carbocycles. The van der Waals surface area contributed by atoms with Gasteiger partial charge in [-0.15, -0.1) is 0 Å². The minimum Gasteiger partial charge on any atom is -0.317 e. The molecule has 6 heteroatoms. The second kappa shape index (κ2) is 7.23. The van der Waals surface area contributed by atoms with Crippen LogP contribution in [0.4, 0.5) is 14.9 Å². The molecule has 4 rings (SSSR count). The lowest BCUT2D eigenvalue weighted by molar-refractivity contribution is 0.194. The molecule has 27 heavy (non-hydrogen) atoms. The Morgan fingerprint density at radius 1 is 1.19 bits per heavy atom. The summed E-state index contributed by atoms with van der Waals surface area (Å²) in [5.74, 6) is -0.268. The third-order valence-electron chi connectivity index (χ3n) is 4.90. The van der Waals surface area contributed by atoms with Crippen LogP contribution in [0.25, 0.3) is 11.1 Å². The third-order valence-corrected chi connectivity index (χ3v) is 4.90. The van der Waals surface area contributed by atoms with Gasteiger partial charge in [0.25, 0.3) is 0 Å². The fourth-order valence-electron chi connectivity index (χ4n) is 3.36. The van der Waals surface area contributed by atoms with Crippen LogP contribution in [0, 0.1) is 5.82 Å². The van der Waals surface area contributed by atoms with Gasteiger partial charge in [-0.2, -0.15) is 5.10 Å². The van der Waals surface area contributed by atoms with Crippen LogP contribution in [0.15, 0.2) is 54.7 Å². The number of benzene rings is 2. The van der Waals surface area contributed by atoms with Crippen molar-refractivity contribution in [3.63, 3.8) is 0 Å². The zero-order valence-corrected chi connectivity index (χ0v) is 15.2. The summed E-state index contributed by atoms with van der Waals surface area (Å²) in [7, 11) is 0. The second-order valence-electron chi connectivity index (χ2n) is 6.64. The van der Waals surface area contributed by atoms with E-state index in [-0.39, 0.29) is 11.8 Å². The van der Waals surface area contributed by atoms with Crippen molar-refractivity contribution in [2.75, 3.05) is 11.9 Å². The van der Waals surface area contributed by atoms with Gasteiger partial charge in [0.1, 0.15) is 5.82 Å². The molecule has 0 fully saturated rings. The van der Waals surface area contributed by atoms with Gasteiger partial charge in [-0.1, -0.05) is 31.2 Å². The molecule has 0 radical (unpaired) electrons. The van der Waals surface area contributed by atoms with Gasteiger partial charge < -0.3 is 10.2 Å². The summed E-state index contributed by atoms with van der Waals surface area (Å²) in [4.78, 5) is 14.5. The lowest BCUT2D eigenvalue weighted by Gasteiger charge is -2.28. The molecule has 5 nitrogen and oxygen atoms in total. The van der Waals surface area contributed by atoms with Gasteiger partial charge in [0.2, 0.25) is 0 Å². The largest absolute Gasteiger partial charge is 0.322 e.